The van der Waals surface area contributed by atoms with E-state index in [0.29, 0.717) is 5.69 Å². The van der Waals surface area contributed by atoms with Crippen LogP contribution in [0.25, 0.3) is 20.7 Å². The van der Waals surface area contributed by atoms with Gasteiger partial charge >= 0.3 is 5.97 Å². The molecule has 3 aromatic rings. The fourth-order valence-corrected chi connectivity index (χ4v) is 3.51. The Labute approximate surface area is 114 Å². The highest BCUT2D eigenvalue weighted by Gasteiger charge is 2.14. The van der Waals surface area contributed by atoms with Crippen LogP contribution in [0.2, 0.25) is 0 Å². The van der Waals surface area contributed by atoms with Crippen molar-refractivity contribution in [3.8, 4) is 10.6 Å². The molecule has 0 unspecified atom stereocenters. The first-order chi connectivity index (χ1) is 9.08. The zero-order valence-electron chi connectivity index (χ0n) is 10.7. The van der Waals surface area contributed by atoms with Crippen LogP contribution in [0, 0.1) is 6.92 Å². The third kappa shape index (κ3) is 1.85. The second-order valence-corrected chi connectivity index (χ2v) is 5.65. The summed E-state index contributed by atoms with van der Waals surface area (Å²) < 4.78 is 2.95. The number of benzene rings is 1. The van der Waals surface area contributed by atoms with Gasteiger partial charge in [0.1, 0.15) is 5.69 Å². The highest BCUT2D eigenvalue weighted by molar-refractivity contribution is 7.22. The number of fused-ring (bicyclic) bond motifs is 1. The van der Waals surface area contributed by atoms with Crippen LogP contribution in [0.3, 0.4) is 0 Å². The van der Waals surface area contributed by atoms with Gasteiger partial charge in [-0.3, -0.25) is 0 Å². The Hall–Kier alpha value is -2.07. The Kier molecular flexibility index (Phi) is 2.68. The monoisotopic (exact) mass is 271 g/mol. The molecule has 96 valence electrons. The summed E-state index contributed by atoms with van der Waals surface area (Å²) in [6.07, 6.45) is 0. The van der Waals surface area contributed by atoms with E-state index in [0.717, 1.165) is 10.6 Å². The summed E-state index contributed by atoms with van der Waals surface area (Å²) in [4.78, 5) is 12.2. The van der Waals surface area contributed by atoms with Crippen molar-refractivity contribution in [3.05, 3.63) is 47.7 Å². The third-order valence-corrected chi connectivity index (χ3v) is 4.50. The summed E-state index contributed by atoms with van der Waals surface area (Å²) in [6.45, 7) is 2.09. The number of hydrogen-bond donors (Lipinski definition) is 1. The molecule has 2 heterocycles. The normalized spacial score (nSPS) is 11.1. The van der Waals surface area contributed by atoms with E-state index in [2.05, 4.69) is 25.1 Å². The van der Waals surface area contributed by atoms with Gasteiger partial charge in [-0.05, 0) is 42.1 Å². The summed E-state index contributed by atoms with van der Waals surface area (Å²) in [6, 6.07) is 11.9. The first-order valence-electron chi connectivity index (χ1n) is 5.96. The Morgan fingerprint density at radius 2 is 2.05 bits per heavy atom. The molecule has 0 atom stereocenters. The predicted molar refractivity (Wildman–Crippen MR) is 77.9 cm³/mol. The lowest BCUT2D eigenvalue weighted by Crippen LogP contribution is -2.04. The molecule has 3 rings (SSSR count). The lowest BCUT2D eigenvalue weighted by atomic mass is 10.1. The number of aromatic carboxylic acids is 1. The minimum absolute atomic E-state index is 0.309. The lowest BCUT2D eigenvalue weighted by molar-refractivity contribution is 0.0687. The maximum Gasteiger partial charge on any atom is 0.352 e. The number of rotatable bonds is 2. The van der Waals surface area contributed by atoms with E-state index in [9.17, 15) is 4.79 Å². The molecular formula is C15H13NO2S. The van der Waals surface area contributed by atoms with E-state index in [1.54, 1.807) is 29.0 Å². The Morgan fingerprint density at radius 1 is 1.26 bits per heavy atom. The van der Waals surface area contributed by atoms with Crippen LogP contribution in [-0.4, -0.2) is 15.6 Å². The van der Waals surface area contributed by atoms with E-state index < -0.39 is 5.97 Å². The number of carbonyl (C=O) groups is 1. The fourth-order valence-electron chi connectivity index (χ4n) is 2.31. The van der Waals surface area contributed by atoms with Crippen LogP contribution in [0.4, 0.5) is 0 Å². The maximum atomic E-state index is 11.1. The number of nitrogens with zero attached hydrogens (tertiary/aromatic N) is 1. The standard InChI is InChI=1S/C15H13NO2S/c1-9-4-3-5-13-10(9)8-14(19-13)11-6-7-12(15(17)18)16(11)2/h3-8H,1-2H3,(H,17,18). The van der Waals surface area contributed by atoms with E-state index in [4.69, 9.17) is 5.11 Å². The third-order valence-electron chi connectivity index (χ3n) is 3.37. The van der Waals surface area contributed by atoms with Gasteiger partial charge in [0.15, 0.2) is 0 Å². The largest absolute Gasteiger partial charge is 0.477 e. The summed E-state index contributed by atoms with van der Waals surface area (Å²) >= 11 is 1.69. The average molecular weight is 271 g/mol. The van der Waals surface area contributed by atoms with Crippen molar-refractivity contribution in [2.45, 2.75) is 6.92 Å². The molecular weight excluding hydrogens is 258 g/mol. The zero-order chi connectivity index (χ0) is 13.6. The van der Waals surface area contributed by atoms with Gasteiger partial charge in [0.2, 0.25) is 0 Å². The average Bonchev–Trinajstić information content (AvgIpc) is 2.93. The molecule has 0 aliphatic rings. The second kappa shape index (κ2) is 4.24. The Morgan fingerprint density at radius 3 is 2.68 bits per heavy atom. The van der Waals surface area contributed by atoms with Gasteiger partial charge in [-0.2, -0.15) is 0 Å². The Bertz CT molecular complexity index is 783. The van der Waals surface area contributed by atoms with Crippen molar-refractivity contribution >= 4 is 27.4 Å². The minimum atomic E-state index is -0.897. The van der Waals surface area contributed by atoms with Gasteiger partial charge in [-0.1, -0.05) is 12.1 Å². The van der Waals surface area contributed by atoms with Gasteiger partial charge in [-0.15, -0.1) is 11.3 Å². The molecule has 0 saturated carbocycles. The molecule has 1 N–H and O–H groups in total. The van der Waals surface area contributed by atoms with Gasteiger partial charge in [0, 0.05) is 11.7 Å². The van der Waals surface area contributed by atoms with E-state index in [1.165, 1.54) is 15.6 Å². The van der Waals surface area contributed by atoms with E-state index in [-0.39, 0.29) is 0 Å². The van der Waals surface area contributed by atoms with Crippen LogP contribution in [0.5, 0.6) is 0 Å². The highest BCUT2D eigenvalue weighted by atomic mass is 32.1. The van der Waals surface area contributed by atoms with Gasteiger partial charge < -0.3 is 9.67 Å². The number of carboxylic acid groups (broad SMARTS) is 1. The first-order valence-corrected chi connectivity index (χ1v) is 6.78. The molecule has 3 nitrogen and oxygen atoms in total. The predicted octanol–water partition coefficient (Wildman–Crippen LogP) is 3.91. The molecule has 19 heavy (non-hydrogen) atoms. The molecule has 0 bridgehead atoms. The summed E-state index contributed by atoms with van der Waals surface area (Å²) in [5.74, 6) is -0.897. The molecule has 0 fully saturated rings. The number of aryl methyl sites for hydroxylation is 1. The number of thiophene rings is 1. The molecule has 0 aliphatic carbocycles. The fraction of sp³-hybridized carbons (Fsp3) is 0.133. The molecule has 0 saturated heterocycles. The SMILES string of the molecule is Cc1cccc2sc(-c3ccc(C(=O)O)n3C)cc12. The molecule has 1 aromatic carbocycles. The van der Waals surface area contributed by atoms with E-state index >= 15 is 0 Å². The van der Waals surface area contributed by atoms with Crippen molar-refractivity contribution < 1.29 is 9.90 Å². The molecule has 4 heteroatoms. The maximum absolute atomic E-state index is 11.1. The second-order valence-electron chi connectivity index (χ2n) is 4.57. The van der Waals surface area contributed by atoms with Crippen molar-refractivity contribution in [1.82, 2.24) is 4.57 Å². The Balaban J connectivity index is 2.20. The molecule has 0 aliphatic heterocycles. The minimum Gasteiger partial charge on any atom is -0.477 e. The number of hydrogen-bond acceptors (Lipinski definition) is 2. The first kappa shape index (κ1) is 12.0. The van der Waals surface area contributed by atoms with Crippen LogP contribution >= 0.6 is 11.3 Å². The van der Waals surface area contributed by atoms with Crippen LogP contribution in [0.15, 0.2) is 36.4 Å². The van der Waals surface area contributed by atoms with Crippen molar-refractivity contribution in [2.24, 2.45) is 7.05 Å². The quantitative estimate of drug-likeness (QED) is 0.767. The zero-order valence-corrected chi connectivity index (χ0v) is 11.5. The summed E-state index contributed by atoms with van der Waals surface area (Å²) in [7, 11) is 1.79. The van der Waals surface area contributed by atoms with Crippen molar-refractivity contribution in [1.29, 1.82) is 0 Å². The number of aromatic nitrogens is 1. The van der Waals surface area contributed by atoms with Crippen LogP contribution in [-0.2, 0) is 7.05 Å². The van der Waals surface area contributed by atoms with E-state index in [1.807, 2.05) is 12.1 Å². The smallest absolute Gasteiger partial charge is 0.352 e. The molecule has 2 aromatic heterocycles. The van der Waals surface area contributed by atoms with Gasteiger partial charge in [0.25, 0.3) is 0 Å². The van der Waals surface area contributed by atoms with Crippen molar-refractivity contribution in [3.63, 3.8) is 0 Å². The molecule has 0 amide bonds. The van der Waals surface area contributed by atoms with Crippen LogP contribution in [0.1, 0.15) is 16.1 Å². The van der Waals surface area contributed by atoms with Crippen LogP contribution < -0.4 is 0 Å². The number of carboxylic acids is 1. The van der Waals surface area contributed by atoms with Gasteiger partial charge in [-0.25, -0.2) is 4.79 Å². The summed E-state index contributed by atoms with van der Waals surface area (Å²) in [5, 5.41) is 10.3. The topological polar surface area (TPSA) is 42.2 Å². The highest BCUT2D eigenvalue weighted by Crippen LogP contribution is 2.35. The van der Waals surface area contributed by atoms with Gasteiger partial charge in [0.05, 0.1) is 10.6 Å². The van der Waals surface area contributed by atoms with Crippen molar-refractivity contribution in [2.75, 3.05) is 0 Å². The summed E-state index contributed by atoms with van der Waals surface area (Å²) in [5.41, 5.74) is 2.50. The molecule has 0 radical (unpaired) electrons. The molecule has 0 spiro atoms. The lowest BCUT2D eigenvalue weighted by Gasteiger charge is -2.02.